The number of anilines is 1. The highest BCUT2D eigenvalue weighted by Gasteiger charge is 2.12. The Labute approximate surface area is 169 Å². The fourth-order valence-electron chi connectivity index (χ4n) is 2.03. The molecule has 2 aromatic carbocycles. The molecule has 2 aromatic rings. The molecule has 0 fully saturated rings. The number of hydrogen-bond acceptors (Lipinski definition) is 5. The van der Waals surface area contributed by atoms with Gasteiger partial charge in [0.05, 0.1) is 15.6 Å². The van der Waals surface area contributed by atoms with Gasteiger partial charge in [0.2, 0.25) is 11.8 Å². The minimum atomic E-state index is -0.652. The highest BCUT2D eigenvalue weighted by molar-refractivity contribution is 6.36. The van der Waals surface area contributed by atoms with E-state index in [-0.39, 0.29) is 29.1 Å². The maximum absolute atomic E-state index is 11.9. The first-order valence-electron chi connectivity index (χ1n) is 7.85. The van der Waals surface area contributed by atoms with Gasteiger partial charge in [0.15, 0.2) is 0 Å². The van der Waals surface area contributed by atoms with Crippen LogP contribution in [0.1, 0.15) is 23.2 Å². The monoisotopic (exact) mass is 424 g/mol. The quantitative estimate of drug-likeness (QED) is 0.484. The van der Waals surface area contributed by atoms with Crippen molar-refractivity contribution in [3.8, 4) is 0 Å². The maximum atomic E-state index is 11.9. The number of nitro benzene ring substituents is 1. The number of non-ortho nitro benzene ring substituents is 1. The Hall–Kier alpha value is -3.17. The molecule has 28 heavy (non-hydrogen) atoms. The molecule has 0 spiro atoms. The Kier molecular flexibility index (Phi) is 7.30. The summed E-state index contributed by atoms with van der Waals surface area (Å²) in [6, 6.07) is 9.41. The van der Waals surface area contributed by atoms with Crippen LogP contribution < -0.4 is 16.2 Å². The van der Waals surface area contributed by atoms with Crippen LogP contribution in [-0.2, 0) is 9.59 Å². The summed E-state index contributed by atoms with van der Waals surface area (Å²) in [4.78, 5) is 45.5. The lowest BCUT2D eigenvalue weighted by Gasteiger charge is -2.09. The summed E-state index contributed by atoms with van der Waals surface area (Å²) in [7, 11) is 0. The van der Waals surface area contributed by atoms with Crippen LogP contribution in [0.3, 0.4) is 0 Å². The number of nitrogens with zero attached hydrogens (tertiary/aromatic N) is 1. The molecule has 0 saturated heterocycles. The van der Waals surface area contributed by atoms with Gasteiger partial charge in [-0.05, 0) is 30.3 Å². The molecular formula is C17H14Cl2N4O5. The second-order valence-corrected chi connectivity index (χ2v) is 6.32. The van der Waals surface area contributed by atoms with Crippen molar-refractivity contribution in [2.24, 2.45) is 0 Å². The fraction of sp³-hybridized carbons (Fsp3) is 0.118. The maximum Gasteiger partial charge on any atom is 0.269 e. The van der Waals surface area contributed by atoms with E-state index in [4.69, 9.17) is 23.2 Å². The Morgan fingerprint density at radius 1 is 0.929 bits per heavy atom. The Bertz CT molecular complexity index is 918. The smallest absolute Gasteiger partial charge is 0.269 e. The van der Waals surface area contributed by atoms with Crippen LogP contribution in [0.25, 0.3) is 0 Å². The van der Waals surface area contributed by atoms with Gasteiger partial charge >= 0.3 is 0 Å². The lowest BCUT2D eigenvalue weighted by molar-refractivity contribution is -0.384. The van der Waals surface area contributed by atoms with Gasteiger partial charge in [0, 0.05) is 35.6 Å². The predicted molar refractivity (Wildman–Crippen MR) is 103 cm³/mol. The van der Waals surface area contributed by atoms with Crippen molar-refractivity contribution in [1.29, 1.82) is 0 Å². The molecule has 3 amide bonds. The van der Waals surface area contributed by atoms with Crippen molar-refractivity contribution < 1.29 is 19.3 Å². The number of amides is 3. The number of hydrazine groups is 1. The first kappa shape index (κ1) is 21.1. The van der Waals surface area contributed by atoms with E-state index in [1.54, 1.807) is 6.07 Å². The van der Waals surface area contributed by atoms with Crippen LogP contribution in [-0.4, -0.2) is 22.6 Å². The summed E-state index contributed by atoms with van der Waals surface area (Å²) in [6.45, 7) is 0. The molecule has 3 N–H and O–H groups in total. The van der Waals surface area contributed by atoms with Crippen molar-refractivity contribution in [1.82, 2.24) is 10.9 Å². The van der Waals surface area contributed by atoms with Crippen LogP contribution in [0.2, 0.25) is 10.0 Å². The molecule has 146 valence electrons. The highest BCUT2D eigenvalue weighted by Crippen LogP contribution is 2.25. The number of benzene rings is 2. The summed E-state index contributed by atoms with van der Waals surface area (Å²) in [5.74, 6) is -1.69. The van der Waals surface area contributed by atoms with Crippen molar-refractivity contribution in [3.05, 3.63) is 68.2 Å². The van der Waals surface area contributed by atoms with E-state index in [1.165, 1.54) is 36.4 Å². The summed E-state index contributed by atoms with van der Waals surface area (Å²) in [5.41, 5.74) is 4.65. The van der Waals surface area contributed by atoms with E-state index < -0.39 is 22.6 Å². The molecule has 0 heterocycles. The minimum Gasteiger partial charge on any atom is -0.325 e. The van der Waals surface area contributed by atoms with Crippen LogP contribution in [0.5, 0.6) is 0 Å². The third kappa shape index (κ3) is 6.22. The molecule has 0 bridgehead atoms. The summed E-state index contributed by atoms with van der Waals surface area (Å²) in [5, 5.41) is 13.8. The summed E-state index contributed by atoms with van der Waals surface area (Å²) in [6.07, 6.45) is -0.324. The van der Waals surface area contributed by atoms with Crippen LogP contribution in [0.4, 0.5) is 11.4 Å². The van der Waals surface area contributed by atoms with Crippen molar-refractivity contribution in [2.45, 2.75) is 12.8 Å². The number of hydrogen-bond donors (Lipinski definition) is 3. The molecule has 0 saturated carbocycles. The Morgan fingerprint density at radius 2 is 1.57 bits per heavy atom. The lowest BCUT2D eigenvalue weighted by atomic mass is 10.2. The van der Waals surface area contributed by atoms with E-state index >= 15 is 0 Å². The van der Waals surface area contributed by atoms with Gasteiger partial charge in [0.1, 0.15) is 0 Å². The average Bonchev–Trinajstić information content (AvgIpc) is 2.66. The van der Waals surface area contributed by atoms with E-state index in [0.717, 1.165) is 0 Å². The van der Waals surface area contributed by atoms with E-state index in [2.05, 4.69) is 16.2 Å². The van der Waals surface area contributed by atoms with Crippen molar-refractivity contribution >= 4 is 52.3 Å². The number of halogens is 2. The molecule has 11 heteroatoms. The first-order valence-corrected chi connectivity index (χ1v) is 8.60. The average molecular weight is 425 g/mol. The van der Waals surface area contributed by atoms with Gasteiger partial charge < -0.3 is 5.32 Å². The second kappa shape index (κ2) is 9.67. The molecule has 0 unspecified atom stereocenters. The fourth-order valence-corrected chi connectivity index (χ4v) is 2.48. The topological polar surface area (TPSA) is 130 Å². The molecule has 0 atom stereocenters. The van der Waals surface area contributed by atoms with Crippen molar-refractivity contribution in [2.75, 3.05) is 5.32 Å². The number of nitro groups is 1. The van der Waals surface area contributed by atoms with Gasteiger partial charge in [-0.3, -0.25) is 35.3 Å². The van der Waals surface area contributed by atoms with Crippen LogP contribution >= 0.6 is 23.2 Å². The molecule has 9 nitrogen and oxygen atoms in total. The Balaban J connectivity index is 1.76. The van der Waals surface area contributed by atoms with Gasteiger partial charge in [0.25, 0.3) is 11.6 Å². The highest BCUT2D eigenvalue weighted by atomic mass is 35.5. The third-order valence-electron chi connectivity index (χ3n) is 3.44. The minimum absolute atomic E-state index is 0.126. The molecule has 0 aliphatic heterocycles. The molecular weight excluding hydrogens is 411 g/mol. The van der Waals surface area contributed by atoms with Gasteiger partial charge in [-0.15, -0.1) is 0 Å². The van der Waals surface area contributed by atoms with E-state index in [9.17, 15) is 24.5 Å². The molecule has 0 radical (unpaired) electrons. The normalized spacial score (nSPS) is 10.1. The molecule has 2 rings (SSSR count). The molecule has 0 aromatic heterocycles. The van der Waals surface area contributed by atoms with E-state index in [0.29, 0.717) is 10.7 Å². The predicted octanol–water partition coefficient (Wildman–Crippen LogP) is 3.08. The number of nitrogens with one attached hydrogen (secondary N) is 3. The summed E-state index contributed by atoms with van der Waals surface area (Å²) >= 11 is 11.7. The molecule has 0 aliphatic carbocycles. The SMILES string of the molecule is O=C(CCC(=O)Nc1ccc(Cl)cc1Cl)NNC(=O)c1ccc([N+](=O)[O-])cc1. The third-order valence-corrected chi connectivity index (χ3v) is 3.99. The summed E-state index contributed by atoms with van der Waals surface area (Å²) < 4.78 is 0. The van der Waals surface area contributed by atoms with Gasteiger partial charge in [-0.2, -0.15) is 0 Å². The number of rotatable bonds is 6. The number of carbonyl (C=O) groups excluding carboxylic acids is 3. The lowest BCUT2D eigenvalue weighted by Crippen LogP contribution is -2.41. The Morgan fingerprint density at radius 3 is 2.18 bits per heavy atom. The largest absolute Gasteiger partial charge is 0.325 e. The van der Waals surface area contributed by atoms with E-state index in [1.807, 2.05) is 0 Å². The van der Waals surface area contributed by atoms with Gasteiger partial charge in [-0.25, -0.2) is 0 Å². The number of carbonyl (C=O) groups is 3. The van der Waals surface area contributed by atoms with Crippen LogP contribution in [0, 0.1) is 10.1 Å². The standard InChI is InChI=1S/C17H14Cl2N4O5/c18-11-3-6-14(13(19)9-11)20-15(24)7-8-16(25)21-22-17(26)10-1-4-12(5-2-10)23(27)28/h1-6,9H,7-8H2,(H,20,24)(H,21,25)(H,22,26). The zero-order valence-corrected chi connectivity index (χ0v) is 15.7. The zero-order valence-electron chi connectivity index (χ0n) is 14.2. The van der Waals surface area contributed by atoms with Crippen molar-refractivity contribution in [3.63, 3.8) is 0 Å². The zero-order chi connectivity index (χ0) is 20.7. The van der Waals surface area contributed by atoms with Gasteiger partial charge in [-0.1, -0.05) is 23.2 Å². The first-order chi connectivity index (χ1) is 13.3. The van der Waals surface area contributed by atoms with Crippen LogP contribution in [0.15, 0.2) is 42.5 Å². The molecule has 0 aliphatic rings. The second-order valence-electron chi connectivity index (χ2n) is 5.48.